The van der Waals surface area contributed by atoms with Crippen LogP contribution in [0.15, 0.2) is 59.7 Å². The maximum absolute atomic E-state index is 11.7. The normalized spacial score (nSPS) is 17.8. The molecule has 12 heteroatoms. The average molecular weight is 603 g/mol. The summed E-state index contributed by atoms with van der Waals surface area (Å²) in [7, 11) is 4.18. The van der Waals surface area contributed by atoms with Crippen molar-refractivity contribution < 1.29 is 14.6 Å². The summed E-state index contributed by atoms with van der Waals surface area (Å²) >= 11 is 6.14. The van der Waals surface area contributed by atoms with Crippen molar-refractivity contribution in [3.63, 3.8) is 0 Å². The van der Waals surface area contributed by atoms with Crippen molar-refractivity contribution in [2.24, 2.45) is 10.7 Å². The van der Waals surface area contributed by atoms with Gasteiger partial charge in [0.1, 0.15) is 42.0 Å². The summed E-state index contributed by atoms with van der Waals surface area (Å²) in [5, 5.41) is 17.3. The number of aliphatic imine (C=N–C) groups is 1. The first-order chi connectivity index (χ1) is 20.8. The number of para-hydroxylation sites is 1. The van der Waals surface area contributed by atoms with Crippen LogP contribution >= 0.6 is 11.6 Å². The molecule has 5 rings (SSSR count). The van der Waals surface area contributed by atoms with Gasteiger partial charge in [0.05, 0.1) is 23.9 Å². The van der Waals surface area contributed by atoms with Gasteiger partial charge in [0, 0.05) is 42.3 Å². The monoisotopic (exact) mass is 602 g/mol. The van der Waals surface area contributed by atoms with E-state index in [1.165, 1.54) is 0 Å². The molecule has 43 heavy (non-hydrogen) atoms. The molecule has 224 valence electrons. The van der Waals surface area contributed by atoms with Crippen LogP contribution < -0.4 is 10.5 Å². The Labute approximate surface area is 255 Å². The number of nitrogens with two attached hydrogens (primary N) is 1. The van der Waals surface area contributed by atoms with E-state index in [-0.39, 0.29) is 31.1 Å². The second kappa shape index (κ2) is 13.4. The molecule has 2 aromatic carbocycles. The summed E-state index contributed by atoms with van der Waals surface area (Å²) in [6.45, 7) is 2.26. The molecule has 0 aliphatic carbocycles. The van der Waals surface area contributed by atoms with Crippen LogP contribution in [0.25, 0.3) is 22.4 Å². The van der Waals surface area contributed by atoms with Crippen molar-refractivity contribution >= 4 is 41.1 Å². The van der Waals surface area contributed by atoms with Gasteiger partial charge in [-0.1, -0.05) is 29.8 Å². The van der Waals surface area contributed by atoms with E-state index in [1.807, 2.05) is 42.5 Å². The highest BCUT2D eigenvalue weighted by Crippen LogP contribution is 2.37. The molecule has 2 atom stereocenters. The van der Waals surface area contributed by atoms with Gasteiger partial charge in [-0.25, -0.2) is 9.98 Å². The predicted molar refractivity (Wildman–Crippen MR) is 168 cm³/mol. The quantitative estimate of drug-likeness (QED) is 0.134. The summed E-state index contributed by atoms with van der Waals surface area (Å²) in [6, 6.07) is 15.1. The standard InChI is InChI=1S/C31H35ClN8O3/c1-38-16-23(39(2)15-20-7-8-22(32)11-21(20)18-42)12-24(17-38)40-28-13-26(30(34)36-19-33)35-14-27(28)37-31(40)25-5-3-4-6-29(25)43-10-9-41/h3-8,11,13-14,18-19,23-24,41H,9-10,12,15-17H2,1-2H3,(H3,33,34,36). The van der Waals surface area contributed by atoms with Gasteiger partial charge in [-0.05, 0) is 56.4 Å². The number of likely N-dealkylation sites (N-methyl/N-ethyl adjacent to an activating group) is 2. The highest BCUT2D eigenvalue weighted by molar-refractivity contribution is 6.30. The second-order valence-corrected chi connectivity index (χ2v) is 11.2. The Bertz CT molecular complexity index is 1660. The first kappa shape index (κ1) is 30.3. The molecule has 1 aliphatic heterocycles. The lowest BCUT2D eigenvalue weighted by Crippen LogP contribution is -2.48. The molecule has 2 aromatic heterocycles. The van der Waals surface area contributed by atoms with Crippen LogP contribution in [0, 0.1) is 5.41 Å². The third kappa shape index (κ3) is 6.60. The molecule has 0 saturated carbocycles. The fourth-order valence-electron chi connectivity index (χ4n) is 5.75. The molecule has 0 spiro atoms. The number of nitrogens with zero attached hydrogens (tertiary/aromatic N) is 6. The highest BCUT2D eigenvalue weighted by atomic mass is 35.5. The summed E-state index contributed by atoms with van der Waals surface area (Å²) < 4.78 is 8.13. The molecule has 1 fully saturated rings. The second-order valence-electron chi connectivity index (χ2n) is 10.7. The smallest absolute Gasteiger partial charge is 0.151 e. The number of aliphatic hydroxyl groups is 1. The van der Waals surface area contributed by atoms with E-state index in [0.717, 1.165) is 48.8 Å². The van der Waals surface area contributed by atoms with Crippen molar-refractivity contribution in [3.8, 4) is 17.1 Å². The lowest BCUT2D eigenvalue weighted by molar-refractivity contribution is 0.0973. The maximum Gasteiger partial charge on any atom is 0.151 e. The van der Waals surface area contributed by atoms with Gasteiger partial charge in [-0.3, -0.25) is 20.1 Å². The Hall–Kier alpha value is -4.16. The molecule has 0 bridgehead atoms. The lowest BCUT2D eigenvalue weighted by atomic mass is 9.98. The topological polar surface area (TPSA) is 146 Å². The number of likely N-dealkylation sites (tertiary alicyclic amines) is 1. The third-order valence-electron chi connectivity index (χ3n) is 7.75. The Morgan fingerprint density at radius 1 is 1.28 bits per heavy atom. The van der Waals surface area contributed by atoms with Crippen LogP contribution in [-0.4, -0.2) is 94.3 Å². The Kier molecular flexibility index (Phi) is 9.46. The number of aromatic nitrogens is 3. The lowest BCUT2D eigenvalue weighted by Gasteiger charge is -2.41. The van der Waals surface area contributed by atoms with E-state index >= 15 is 0 Å². The van der Waals surface area contributed by atoms with Crippen LogP contribution in [0.1, 0.15) is 34.1 Å². The zero-order valence-corrected chi connectivity index (χ0v) is 24.9. The van der Waals surface area contributed by atoms with Crippen LogP contribution in [0.2, 0.25) is 5.02 Å². The van der Waals surface area contributed by atoms with E-state index in [0.29, 0.717) is 39.9 Å². The minimum absolute atomic E-state index is 0.00371. The van der Waals surface area contributed by atoms with Crippen molar-refractivity contribution in [1.29, 1.82) is 5.41 Å². The summed E-state index contributed by atoms with van der Waals surface area (Å²) in [6.07, 6.45) is 4.23. The van der Waals surface area contributed by atoms with Gasteiger partial charge >= 0.3 is 0 Å². The average Bonchev–Trinajstić information content (AvgIpc) is 3.39. The minimum atomic E-state index is -0.107. The number of aliphatic hydroxyl groups excluding tert-OH is 1. The fraction of sp³-hybridized carbons (Fsp3) is 0.323. The number of halogens is 1. The van der Waals surface area contributed by atoms with Crippen molar-refractivity contribution in [2.75, 3.05) is 40.4 Å². The molecule has 4 aromatic rings. The highest BCUT2D eigenvalue weighted by Gasteiger charge is 2.32. The first-order valence-electron chi connectivity index (χ1n) is 14.0. The van der Waals surface area contributed by atoms with E-state index in [9.17, 15) is 9.90 Å². The Balaban J connectivity index is 1.58. The Morgan fingerprint density at radius 2 is 2.09 bits per heavy atom. The van der Waals surface area contributed by atoms with Gasteiger partial charge in [-0.2, -0.15) is 0 Å². The van der Waals surface area contributed by atoms with E-state index < -0.39 is 0 Å². The molecule has 0 amide bonds. The molecule has 2 unspecified atom stereocenters. The zero-order valence-electron chi connectivity index (χ0n) is 24.2. The number of hydrogen-bond donors (Lipinski definition) is 3. The Morgan fingerprint density at radius 3 is 2.86 bits per heavy atom. The molecule has 0 radical (unpaired) electrons. The van der Waals surface area contributed by atoms with Gasteiger partial charge in [0.15, 0.2) is 5.84 Å². The number of amidine groups is 1. The maximum atomic E-state index is 11.7. The number of nitrogens with one attached hydrogen (secondary N) is 1. The predicted octanol–water partition coefficient (Wildman–Crippen LogP) is 3.62. The van der Waals surface area contributed by atoms with Crippen LogP contribution in [0.4, 0.5) is 0 Å². The summed E-state index contributed by atoms with van der Waals surface area (Å²) in [5.41, 5.74) is 10.4. The number of carbonyl (C=O) groups is 1. The summed E-state index contributed by atoms with van der Waals surface area (Å²) in [4.78, 5) is 29.7. The number of pyridine rings is 1. The number of fused-ring (bicyclic) bond motifs is 1. The van der Waals surface area contributed by atoms with E-state index in [1.54, 1.807) is 12.3 Å². The van der Waals surface area contributed by atoms with Crippen molar-refractivity contribution in [3.05, 3.63) is 76.6 Å². The molecule has 3 heterocycles. The van der Waals surface area contributed by atoms with Crippen molar-refractivity contribution in [2.45, 2.75) is 25.0 Å². The zero-order chi connectivity index (χ0) is 30.5. The van der Waals surface area contributed by atoms with Crippen LogP contribution in [-0.2, 0) is 6.54 Å². The van der Waals surface area contributed by atoms with E-state index in [4.69, 9.17) is 32.5 Å². The SMILES string of the molecule is CN1CC(N(C)Cc2ccc(Cl)cc2C=O)CC(n2c(-c3ccccc3OCCO)nc3cnc(C(N)=NC=N)cc32)C1. The van der Waals surface area contributed by atoms with Gasteiger partial charge in [0.25, 0.3) is 0 Å². The molecular formula is C31H35ClN8O3. The number of carbonyl (C=O) groups excluding carboxylic acids is 1. The van der Waals surface area contributed by atoms with Gasteiger partial charge < -0.3 is 25.0 Å². The molecular weight excluding hydrogens is 568 g/mol. The van der Waals surface area contributed by atoms with E-state index in [2.05, 4.69) is 38.4 Å². The number of piperidine rings is 1. The van der Waals surface area contributed by atoms with Crippen LogP contribution in [0.5, 0.6) is 5.75 Å². The number of ether oxygens (including phenoxy) is 1. The number of imidazole rings is 1. The number of rotatable bonds is 11. The van der Waals surface area contributed by atoms with Crippen LogP contribution in [0.3, 0.4) is 0 Å². The third-order valence-corrected chi connectivity index (χ3v) is 7.99. The minimum Gasteiger partial charge on any atom is -0.490 e. The molecule has 11 nitrogen and oxygen atoms in total. The molecule has 1 saturated heterocycles. The van der Waals surface area contributed by atoms with Gasteiger partial charge in [-0.15, -0.1) is 0 Å². The summed E-state index contributed by atoms with van der Waals surface area (Å²) in [5.74, 6) is 1.48. The first-order valence-corrected chi connectivity index (χ1v) is 14.4. The number of benzene rings is 2. The molecule has 4 N–H and O–H groups in total. The fourth-order valence-corrected chi connectivity index (χ4v) is 5.93. The van der Waals surface area contributed by atoms with Gasteiger partial charge in [0.2, 0.25) is 0 Å². The number of hydrogen-bond acceptors (Lipinski definition) is 8. The number of aldehydes is 1. The van der Waals surface area contributed by atoms with Crippen molar-refractivity contribution in [1.82, 2.24) is 24.3 Å². The largest absolute Gasteiger partial charge is 0.490 e. The molecule has 1 aliphatic rings.